The first-order valence-corrected chi connectivity index (χ1v) is 9.63. The number of aromatic nitrogens is 5. The van der Waals surface area contributed by atoms with Crippen LogP contribution in [-0.4, -0.2) is 24.6 Å². The number of hydrogen-bond donors (Lipinski definition) is 1. The molecule has 7 nitrogen and oxygen atoms in total. The Kier molecular flexibility index (Phi) is 4.94. The Morgan fingerprint density at radius 3 is 2.71 bits per heavy atom. The lowest BCUT2D eigenvalue weighted by Crippen LogP contribution is -2.07. The van der Waals surface area contributed by atoms with Gasteiger partial charge >= 0.3 is 0 Å². The highest BCUT2D eigenvalue weighted by Gasteiger charge is 2.10. The Morgan fingerprint density at radius 1 is 1.00 bits per heavy atom. The third-order valence-corrected chi connectivity index (χ3v) is 4.65. The number of benzene rings is 2. The van der Waals surface area contributed by atoms with Gasteiger partial charge in [-0.25, -0.2) is 9.37 Å². The maximum atomic E-state index is 14.5. The average molecular weight is 412 g/mol. The van der Waals surface area contributed by atoms with Crippen molar-refractivity contribution in [3.05, 3.63) is 96.8 Å². The Hall–Kier alpha value is -4.33. The molecule has 31 heavy (non-hydrogen) atoms. The standard InChI is InChI=1S/C23H17FN6O/c24-19-11-16(8-9-21(19)31-18-7-4-10-25-14-18)13-26-22-12-20(17-5-2-1-3-6-17)29-23-27-15-28-30(22)23/h1-12,14-15,26H,13H2. The summed E-state index contributed by atoms with van der Waals surface area (Å²) in [5.41, 5.74) is 2.50. The molecular formula is C23H17FN6O. The van der Waals surface area contributed by atoms with E-state index in [1.165, 1.54) is 18.6 Å². The first kappa shape index (κ1) is 18.7. The summed E-state index contributed by atoms with van der Waals surface area (Å²) in [5, 5.41) is 7.52. The summed E-state index contributed by atoms with van der Waals surface area (Å²) in [7, 11) is 0. The zero-order valence-corrected chi connectivity index (χ0v) is 16.3. The van der Waals surface area contributed by atoms with Crippen LogP contribution in [0.5, 0.6) is 11.5 Å². The van der Waals surface area contributed by atoms with Crippen LogP contribution < -0.4 is 10.1 Å². The van der Waals surface area contributed by atoms with Gasteiger partial charge in [-0.2, -0.15) is 14.6 Å². The molecule has 0 spiro atoms. The first-order chi connectivity index (χ1) is 15.3. The van der Waals surface area contributed by atoms with Crippen molar-refractivity contribution >= 4 is 11.6 Å². The summed E-state index contributed by atoms with van der Waals surface area (Å²) in [4.78, 5) is 12.7. The predicted molar refractivity (Wildman–Crippen MR) is 114 cm³/mol. The molecule has 152 valence electrons. The molecule has 0 atom stereocenters. The largest absolute Gasteiger partial charge is 0.453 e. The zero-order valence-electron chi connectivity index (χ0n) is 16.3. The Bertz CT molecular complexity index is 1320. The molecule has 0 fully saturated rings. The van der Waals surface area contributed by atoms with E-state index in [1.54, 1.807) is 35.0 Å². The molecule has 0 saturated heterocycles. The van der Waals surface area contributed by atoms with Crippen LogP contribution in [0, 0.1) is 5.82 Å². The van der Waals surface area contributed by atoms with E-state index in [1.807, 2.05) is 36.4 Å². The van der Waals surface area contributed by atoms with Crippen molar-refractivity contribution in [3.8, 4) is 22.8 Å². The normalized spacial score (nSPS) is 10.9. The molecule has 5 aromatic rings. The Balaban J connectivity index is 1.37. The Labute approximate surface area is 177 Å². The van der Waals surface area contributed by atoms with Crippen molar-refractivity contribution in [2.45, 2.75) is 6.54 Å². The number of halogens is 1. The van der Waals surface area contributed by atoms with E-state index < -0.39 is 5.82 Å². The number of nitrogens with one attached hydrogen (secondary N) is 1. The number of rotatable bonds is 6. The van der Waals surface area contributed by atoms with Crippen molar-refractivity contribution in [1.29, 1.82) is 0 Å². The topological polar surface area (TPSA) is 77.2 Å². The van der Waals surface area contributed by atoms with Gasteiger partial charge in [0.15, 0.2) is 11.6 Å². The van der Waals surface area contributed by atoms with Crippen LogP contribution in [-0.2, 0) is 6.54 Å². The fourth-order valence-electron chi connectivity index (χ4n) is 3.16. The molecule has 2 aromatic carbocycles. The highest BCUT2D eigenvalue weighted by atomic mass is 19.1. The summed E-state index contributed by atoms with van der Waals surface area (Å²) in [5.74, 6) is 1.36. The number of ether oxygens (including phenoxy) is 1. The third kappa shape index (κ3) is 4.04. The van der Waals surface area contributed by atoms with Gasteiger partial charge in [0, 0.05) is 24.4 Å². The molecule has 3 heterocycles. The second-order valence-electron chi connectivity index (χ2n) is 6.77. The minimum atomic E-state index is -0.450. The average Bonchev–Trinajstić information content (AvgIpc) is 3.29. The maximum Gasteiger partial charge on any atom is 0.254 e. The van der Waals surface area contributed by atoms with Crippen molar-refractivity contribution < 1.29 is 9.13 Å². The molecule has 1 N–H and O–H groups in total. The van der Waals surface area contributed by atoms with Gasteiger partial charge in [-0.1, -0.05) is 36.4 Å². The smallest absolute Gasteiger partial charge is 0.254 e. The maximum absolute atomic E-state index is 14.5. The molecule has 8 heteroatoms. The number of fused-ring (bicyclic) bond motifs is 1. The fourth-order valence-corrected chi connectivity index (χ4v) is 3.16. The highest BCUT2D eigenvalue weighted by molar-refractivity contribution is 5.65. The van der Waals surface area contributed by atoms with Crippen LogP contribution in [0.25, 0.3) is 17.0 Å². The van der Waals surface area contributed by atoms with E-state index in [0.717, 1.165) is 16.8 Å². The lowest BCUT2D eigenvalue weighted by atomic mass is 10.1. The van der Waals surface area contributed by atoms with Gasteiger partial charge in [0.05, 0.1) is 11.9 Å². The van der Waals surface area contributed by atoms with Gasteiger partial charge in [0.2, 0.25) is 0 Å². The predicted octanol–water partition coefficient (Wildman–Crippen LogP) is 4.73. The molecular weight excluding hydrogens is 395 g/mol. The summed E-state index contributed by atoms with van der Waals surface area (Å²) >= 11 is 0. The van der Waals surface area contributed by atoms with Gasteiger partial charge in [-0.15, -0.1) is 0 Å². The lowest BCUT2D eigenvalue weighted by molar-refractivity contribution is 0.440. The Morgan fingerprint density at radius 2 is 1.90 bits per heavy atom. The molecule has 0 unspecified atom stereocenters. The van der Waals surface area contributed by atoms with Crippen molar-refractivity contribution in [3.63, 3.8) is 0 Å². The SMILES string of the molecule is Fc1cc(CNc2cc(-c3ccccc3)nc3ncnn23)ccc1Oc1cccnc1. The van der Waals surface area contributed by atoms with Crippen LogP contribution in [0.3, 0.4) is 0 Å². The van der Waals surface area contributed by atoms with Crippen LogP contribution in [0.15, 0.2) is 85.5 Å². The monoisotopic (exact) mass is 412 g/mol. The fraction of sp³-hybridized carbons (Fsp3) is 0.0435. The van der Waals surface area contributed by atoms with Gasteiger partial charge in [0.1, 0.15) is 17.9 Å². The molecule has 0 amide bonds. The van der Waals surface area contributed by atoms with E-state index in [0.29, 0.717) is 23.9 Å². The van der Waals surface area contributed by atoms with E-state index in [9.17, 15) is 4.39 Å². The minimum absolute atomic E-state index is 0.144. The van der Waals surface area contributed by atoms with Gasteiger partial charge < -0.3 is 10.1 Å². The van der Waals surface area contributed by atoms with E-state index in [4.69, 9.17) is 4.74 Å². The van der Waals surface area contributed by atoms with Gasteiger partial charge in [0.25, 0.3) is 5.78 Å². The molecule has 0 bridgehead atoms. The van der Waals surface area contributed by atoms with Crippen LogP contribution in [0.4, 0.5) is 10.2 Å². The molecule has 5 rings (SSSR count). The lowest BCUT2D eigenvalue weighted by Gasteiger charge is -2.11. The third-order valence-electron chi connectivity index (χ3n) is 4.65. The number of pyridine rings is 1. The van der Waals surface area contributed by atoms with Crippen molar-refractivity contribution in [2.24, 2.45) is 0 Å². The quantitative estimate of drug-likeness (QED) is 0.434. The first-order valence-electron chi connectivity index (χ1n) is 9.63. The molecule has 0 aliphatic heterocycles. The molecule has 0 aliphatic rings. The number of anilines is 1. The van der Waals surface area contributed by atoms with Crippen LogP contribution in [0.2, 0.25) is 0 Å². The van der Waals surface area contributed by atoms with Crippen molar-refractivity contribution in [1.82, 2.24) is 24.6 Å². The van der Waals surface area contributed by atoms with E-state index in [2.05, 4.69) is 25.4 Å². The summed E-state index contributed by atoms with van der Waals surface area (Å²) in [6.07, 6.45) is 4.62. The van der Waals surface area contributed by atoms with E-state index in [-0.39, 0.29) is 5.75 Å². The second kappa shape index (κ2) is 8.19. The van der Waals surface area contributed by atoms with Crippen molar-refractivity contribution in [2.75, 3.05) is 5.32 Å². The van der Waals surface area contributed by atoms with Gasteiger partial charge in [-0.05, 0) is 29.8 Å². The summed E-state index contributed by atoms with van der Waals surface area (Å²) in [6.45, 7) is 0.386. The molecule has 3 aromatic heterocycles. The van der Waals surface area contributed by atoms with Gasteiger partial charge in [-0.3, -0.25) is 4.98 Å². The second-order valence-corrected chi connectivity index (χ2v) is 6.77. The molecule has 0 saturated carbocycles. The zero-order chi connectivity index (χ0) is 21.0. The molecule has 0 radical (unpaired) electrons. The number of nitrogens with zero attached hydrogens (tertiary/aromatic N) is 5. The van der Waals surface area contributed by atoms with Crippen LogP contribution in [0.1, 0.15) is 5.56 Å². The summed E-state index contributed by atoms with van der Waals surface area (Å²) < 4.78 is 21.7. The van der Waals surface area contributed by atoms with E-state index >= 15 is 0 Å². The minimum Gasteiger partial charge on any atom is -0.453 e. The molecule has 0 aliphatic carbocycles. The number of hydrogen-bond acceptors (Lipinski definition) is 6. The van der Waals surface area contributed by atoms with Crippen LogP contribution >= 0.6 is 0 Å². The highest BCUT2D eigenvalue weighted by Crippen LogP contribution is 2.25. The summed E-state index contributed by atoms with van der Waals surface area (Å²) in [6, 6.07) is 20.0.